The number of nitrogens with one attached hydrogen (secondary N) is 2. The van der Waals surface area contributed by atoms with Crippen molar-refractivity contribution in [1.82, 2.24) is 19.9 Å². The molecular formula is C23H29N8O5P. The summed E-state index contributed by atoms with van der Waals surface area (Å²) in [5.41, 5.74) is 14.1. The van der Waals surface area contributed by atoms with Gasteiger partial charge in [0.15, 0.2) is 12.6 Å². The van der Waals surface area contributed by atoms with E-state index in [9.17, 15) is 5.11 Å². The number of aromatic nitrogens is 4. The first-order valence-electron chi connectivity index (χ1n) is 12.4. The zero-order chi connectivity index (χ0) is 25.4. The number of aliphatic hydroxyl groups is 1. The molecule has 9 atom stereocenters. The lowest BCUT2D eigenvalue weighted by Crippen LogP contribution is -2.33. The van der Waals surface area contributed by atoms with Gasteiger partial charge < -0.3 is 46.2 Å². The van der Waals surface area contributed by atoms with Crippen LogP contribution in [-0.4, -0.2) is 68.8 Å². The van der Waals surface area contributed by atoms with Gasteiger partial charge in [-0.05, 0) is 12.8 Å². The average molecular weight is 529 g/mol. The molecule has 7 rings (SSSR count). The molecule has 14 heteroatoms. The number of anilines is 2. The standard InChI is InChI=1S/C23H29N8O5P/c24-12-5-10-7-22(35-13-6-11(37)18(25)34-13)14-16(22)28-8-30-19(14)26-3-1-2-4-27-20-15-17(29-9-31-20)23(15,32)36-21(10)33-12/h1-2,8-13,18,21,32H,3-7,24-25,37H2,(H,26,28,30)(H,27,29,31)/b2-1+/t10-,11-,12?,13?,18?,21?,22?,23?/m1/s1. The van der Waals surface area contributed by atoms with E-state index in [1.54, 1.807) is 0 Å². The number of hydrogen-bond acceptors (Lipinski definition) is 13. The second-order valence-corrected chi connectivity index (χ2v) is 10.9. The van der Waals surface area contributed by atoms with E-state index in [4.69, 9.17) is 30.4 Å². The van der Waals surface area contributed by atoms with Crippen molar-refractivity contribution in [3.63, 3.8) is 0 Å². The fourth-order valence-corrected chi connectivity index (χ4v) is 5.96. The van der Waals surface area contributed by atoms with Gasteiger partial charge in [-0.2, -0.15) is 0 Å². The molecule has 13 nitrogen and oxygen atoms in total. The highest BCUT2D eigenvalue weighted by Gasteiger charge is 2.63. The highest BCUT2D eigenvalue weighted by Crippen LogP contribution is 2.60. The van der Waals surface area contributed by atoms with Gasteiger partial charge in [0, 0.05) is 31.1 Å². The van der Waals surface area contributed by atoms with Crippen molar-refractivity contribution in [2.75, 3.05) is 23.7 Å². The first-order valence-corrected chi connectivity index (χ1v) is 13.1. The number of nitrogens with two attached hydrogens (primary N) is 2. The Kier molecular flexibility index (Phi) is 5.51. The average Bonchev–Trinajstić information content (AvgIpc) is 3.56. The maximum atomic E-state index is 11.3. The Morgan fingerprint density at radius 2 is 1.68 bits per heavy atom. The molecule has 0 bridgehead atoms. The van der Waals surface area contributed by atoms with Gasteiger partial charge in [-0.1, -0.05) is 12.2 Å². The Bertz CT molecular complexity index is 1260. The van der Waals surface area contributed by atoms with Crippen molar-refractivity contribution < 1.29 is 24.1 Å². The number of hydrogen-bond donors (Lipinski definition) is 5. The first kappa shape index (κ1) is 23.7. The second-order valence-electron chi connectivity index (χ2n) is 10.0. The van der Waals surface area contributed by atoms with E-state index in [1.165, 1.54) is 12.7 Å². The molecule has 3 aliphatic heterocycles. The van der Waals surface area contributed by atoms with Crippen LogP contribution in [0.5, 0.6) is 0 Å². The zero-order valence-electron chi connectivity index (χ0n) is 19.9. The van der Waals surface area contributed by atoms with Crippen molar-refractivity contribution in [3.8, 4) is 0 Å². The summed E-state index contributed by atoms with van der Waals surface area (Å²) in [6, 6.07) is 0. The van der Waals surface area contributed by atoms with Crippen LogP contribution in [-0.2, 0) is 30.3 Å². The summed E-state index contributed by atoms with van der Waals surface area (Å²) in [6.07, 6.45) is 6.13. The molecule has 37 heavy (non-hydrogen) atoms. The van der Waals surface area contributed by atoms with Crippen molar-refractivity contribution >= 4 is 20.9 Å². The summed E-state index contributed by atoms with van der Waals surface area (Å²) in [7, 11) is 2.71. The minimum atomic E-state index is -1.70. The third-order valence-electron chi connectivity index (χ3n) is 7.55. The Morgan fingerprint density at radius 1 is 0.973 bits per heavy atom. The Morgan fingerprint density at radius 3 is 2.38 bits per heavy atom. The highest BCUT2D eigenvalue weighted by molar-refractivity contribution is 7.17. The second kappa shape index (κ2) is 8.58. The van der Waals surface area contributed by atoms with Crippen LogP contribution in [0.3, 0.4) is 0 Å². The fraction of sp³-hybridized carbons (Fsp3) is 0.565. The van der Waals surface area contributed by atoms with Crippen LogP contribution >= 0.6 is 9.24 Å². The molecule has 7 unspecified atom stereocenters. The lowest BCUT2D eigenvalue weighted by atomic mass is 9.95. The number of ether oxygens (including phenoxy) is 4. The zero-order valence-corrected chi connectivity index (χ0v) is 21.1. The van der Waals surface area contributed by atoms with Gasteiger partial charge in [0.25, 0.3) is 0 Å². The van der Waals surface area contributed by atoms with Crippen LogP contribution < -0.4 is 22.1 Å². The lowest BCUT2D eigenvalue weighted by Gasteiger charge is -2.28. The monoisotopic (exact) mass is 528 g/mol. The maximum absolute atomic E-state index is 11.3. The minimum absolute atomic E-state index is 0.0779. The summed E-state index contributed by atoms with van der Waals surface area (Å²) in [5, 5.41) is 17.9. The molecule has 2 saturated heterocycles. The molecule has 7 N–H and O–H groups in total. The number of fused-ring (bicyclic) bond motifs is 3. The molecule has 5 heterocycles. The Hall–Kier alpha value is -2.35. The van der Waals surface area contributed by atoms with Crippen molar-refractivity contribution in [2.24, 2.45) is 17.4 Å². The quantitative estimate of drug-likeness (QED) is 0.255. The van der Waals surface area contributed by atoms with Gasteiger partial charge in [-0.25, -0.2) is 19.9 Å². The SMILES string of the molecule is NC1C[C@@H]2CC3(OC4C[C@@H](P)C(N)O4)c4ncnc(c43)NC/C=C/CNc3ncnc4c3C4(O)OC2O1. The van der Waals surface area contributed by atoms with Crippen LogP contribution in [0, 0.1) is 5.92 Å². The van der Waals surface area contributed by atoms with Crippen LogP contribution in [0.15, 0.2) is 24.8 Å². The molecule has 0 spiro atoms. The molecule has 0 amide bonds. The summed E-state index contributed by atoms with van der Waals surface area (Å²) in [4.78, 5) is 17.5. The van der Waals surface area contributed by atoms with Gasteiger partial charge in [-0.3, -0.25) is 0 Å². The van der Waals surface area contributed by atoms with E-state index in [-0.39, 0.29) is 11.6 Å². The minimum Gasteiger partial charge on any atom is -0.366 e. The van der Waals surface area contributed by atoms with Crippen LogP contribution in [0.4, 0.5) is 11.6 Å². The predicted octanol–water partition coefficient (Wildman–Crippen LogP) is -0.230. The normalized spacial score (nSPS) is 40.5. The molecule has 0 radical (unpaired) electrons. The molecular weight excluding hydrogens is 499 g/mol. The van der Waals surface area contributed by atoms with Crippen LogP contribution in [0.2, 0.25) is 0 Å². The third-order valence-corrected chi connectivity index (χ3v) is 8.20. The van der Waals surface area contributed by atoms with Gasteiger partial charge in [-0.15, -0.1) is 9.24 Å². The highest BCUT2D eigenvalue weighted by atomic mass is 31.0. The van der Waals surface area contributed by atoms with Crippen molar-refractivity contribution in [3.05, 3.63) is 47.3 Å². The van der Waals surface area contributed by atoms with Crippen LogP contribution in [0.1, 0.15) is 41.8 Å². The summed E-state index contributed by atoms with van der Waals surface area (Å²) in [5.74, 6) is -0.713. The van der Waals surface area contributed by atoms with Gasteiger partial charge in [0.1, 0.15) is 48.0 Å². The third kappa shape index (κ3) is 3.84. The molecule has 2 aliphatic carbocycles. The van der Waals surface area contributed by atoms with E-state index in [0.717, 1.165) is 11.3 Å². The van der Waals surface area contributed by atoms with E-state index in [2.05, 4.69) is 39.8 Å². The van der Waals surface area contributed by atoms with Gasteiger partial charge in [0.2, 0.25) is 5.79 Å². The smallest absolute Gasteiger partial charge is 0.246 e. The molecule has 2 fully saturated rings. The van der Waals surface area contributed by atoms with Gasteiger partial charge >= 0.3 is 0 Å². The Labute approximate surface area is 214 Å². The van der Waals surface area contributed by atoms with Gasteiger partial charge in [0.05, 0.1) is 16.8 Å². The maximum Gasteiger partial charge on any atom is 0.246 e. The summed E-state index contributed by atoms with van der Waals surface area (Å²) >= 11 is 0. The molecule has 2 aromatic rings. The molecule has 0 aromatic carbocycles. The lowest BCUT2D eigenvalue weighted by molar-refractivity contribution is -0.265. The number of nitrogens with zero attached hydrogens (tertiary/aromatic N) is 4. The van der Waals surface area contributed by atoms with E-state index >= 15 is 0 Å². The van der Waals surface area contributed by atoms with Crippen LogP contribution in [0.25, 0.3) is 0 Å². The fourth-order valence-electron chi connectivity index (χ4n) is 5.65. The Balaban J connectivity index is 1.24. The van der Waals surface area contributed by atoms with Crippen molar-refractivity contribution in [1.29, 1.82) is 0 Å². The first-order chi connectivity index (χ1) is 17.9. The van der Waals surface area contributed by atoms with E-state index in [1.807, 2.05) is 12.2 Å². The topological polar surface area (TPSA) is 185 Å². The van der Waals surface area contributed by atoms with E-state index < -0.39 is 36.4 Å². The van der Waals surface area contributed by atoms with E-state index in [0.29, 0.717) is 55.2 Å². The molecule has 0 saturated carbocycles. The molecule has 196 valence electrons. The molecule has 5 aliphatic rings. The largest absolute Gasteiger partial charge is 0.366 e. The number of rotatable bonds is 2. The molecule has 2 aromatic heterocycles. The summed E-state index contributed by atoms with van der Waals surface area (Å²) in [6.45, 7) is 1.05. The predicted molar refractivity (Wildman–Crippen MR) is 133 cm³/mol. The van der Waals surface area contributed by atoms with Crippen molar-refractivity contribution in [2.45, 2.75) is 61.3 Å². The summed E-state index contributed by atoms with van der Waals surface area (Å²) < 4.78 is 24.6.